The number of rotatable bonds is 4. The first kappa shape index (κ1) is 14.6. The summed E-state index contributed by atoms with van der Waals surface area (Å²) in [7, 11) is 1.78. The quantitative estimate of drug-likeness (QED) is 0.942. The van der Waals surface area contributed by atoms with E-state index in [1.165, 1.54) is 0 Å². The van der Waals surface area contributed by atoms with Gasteiger partial charge in [0.2, 0.25) is 0 Å². The lowest BCUT2D eigenvalue weighted by atomic mass is 9.93. The number of aliphatic carboxylic acids is 1. The summed E-state index contributed by atoms with van der Waals surface area (Å²) < 4.78 is 1.66. The Morgan fingerprint density at radius 3 is 2.65 bits per heavy atom. The molecule has 2 aromatic rings. The van der Waals surface area contributed by atoms with Crippen LogP contribution in [0, 0.1) is 13.8 Å². The Bertz CT molecular complexity index is 649. The van der Waals surface area contributed by atoms with Crippen LogP contribution in [-0.4, -0.2) is 20.9 Å². The van der Waals surface area contributed by atoms with Crippen LogP contribution in [0.25, 0.3) is 0 Å². The van der Waals surface area contributed by atoms with Crippen molar-refractivity contribution in [2.75, 3.05) is 0 Å². The van der Waals surface area contributed by atoms with Crippen molar-refractivity contribution in [3.8, 4) is 0 Å². The molecule has 0 saturated heterocycles. The van der Waals surface area contributed by atoms with Gasteiger partial charge in [-0.2, -0.15) is 5.10 Å². The van der Waals surface area contributed by atoms with Gasteiger partial charge in [0, 0.05) is 13.5 Å². The van der Waals surface area contributed by atoms with Crippen molar-refractivity contribution in [2.24, 2.45) is 7.05 Å². The molecule has 0 saturated carbocycles. The zero-order valence-electron chi connectivity index (χ0n) is 11.7. The lowest BCUT2D eigenvalue weighted by Gasteiger charge is -2.14. The Kier molecular flexibility index (Phi) is 4.14. The van der Waals surface area contributed by atoms with Crippen LogP contribution >= 0.6 is 11.6 Å². The molecule has 1 N–H and O–H groups in total. The Morgan fingerprint density at radius 1 is 1.45 bits per heavy atom. The largest absolute Gasteiger partial charge is 0.481 e. The van der Waals surface area contributed by atoms with Gasteiger partial charge < -0.3 is 5.11 Å². The molecule has 4 nitrogen and oxygen atoms in total. The van der Waals surface area contributed by atoms with Gasteiger partial charge in [-0.3, -0.25) is 9.48 Å². The minimum atomic E-state index is -0.856. The molecule has 0 radical (unpaired) electrons. The van der Waals surface area contributed by atoms with Crippen LogP contribution in [0.1, 0.15) is 28.4 Å². The molecule has 0 spiro atoms. The molecular weight excluding hydrogens is 276 g/mol. The molecule has 0 amide bonds. The highest BCUT2D eigenvalue weighted by molar-refractivity contribution is 6.31. The van der Waals surface area contributed by atoms with Gasteiger partial charge in [-0.05, 0) is 19.4 Å². The van der Waals surface area contributed by atoms with Crippen LogP contribution in [0.3, 0.4) is 0 Å². The number of carbonyl (C=O) groups is 1. The number of halogens is 1. The zero-order valence-corrected chi connectivity index (χ0v) is 12.5. The third-order valence-electron chi connectivity index (χ3n) is 3.40. The lowest BCUT2D eigenvalue weighted by Crippen LogP contribution is -2.16. The summed E-state index contributed by atoms with van der Waals surface area (Å²) in [5.41, 5.74) is 3.30. The van der Waals surface area contributed by atoms with E-state index < -0.39 is 11.9 Å². The third-order valence-corrected chi connectivity index (χ3v) is 3.89. The molecule has 0 bridgehead atoms. The summed E-state index contributed by atoms with van der Waals surface area (Å²) in [6.45, 7) is 3.76. The summed E-state index contributed by atoms with van der Waals surface area (Å²) in [6, 6.07) is 7.55. The number of aryl methyl sites for hydroxylation is 3. The van der Waals surface area contributed by atoms with Gasteiger partial charge in [-0.25, -0.2) is 0 Å². The van der Waals surface area contributed by atoms with E-state index in [1.54, 1.807) is 11.7 Å². The summed E-state index contributed by atoms with van der Waals surface area (Å²) in [4.78, 5) is 11.6. The van der Waals surface area contributed by atoms with Gasteiger partial charge in [0.05, 0.1) is 22.3 Å². The molecule has 2 rings (SSSR count). The van der Waals surface area contributed by atoms with Crippen LogP contribution < -0.4 is 0 Å². The highest BCUT2D eigenvalue weighted by atomic mass is 35.5. The Hall–Kier alpha value is -1.81. The van der Waals surface area contributed by atoms with Crippen LogP contribution in [0.5, 0.6) is 0 Å². The minimum absolute atomic E-state index is 0.328. The van der Waals surface area contributed by atoms with Crippen molar-refractivity contribution in [2.45, 2.75) is 26.2 Å². The number of aromatic nitrogens is 2. The fourth-order valence-electron chi connectivity index (χ4n) is 2.33. The Morgan fingerprint density at radius 2 is 2.15 bits per heavy atom. The van der Waals surface area contributed by atoms with Gasteiger partial charge in [-0.1, -0.05) is 41.4 Å². The van der Waals surface area contributed by atoms with Crippen molar-refractivity contribution >= 4 is 17.6 Å². The average molecular weight is 293 g/mol. The van der Waals surface area contributed by atoms with Crippen molar-refractivity contribution < 1.29 is 9.90 Å². The standard InChI is InChI=1S/C15H17ClN2O2/c1-9-5-4-6-11(7-9)12(15(19)20)8-13-14(16)10(2)17-18(13)3/h4-7,12H,8H2,1-3H3,(H,19,20). The Labute approximate surface area is 123 Å². The molecule has 1 unspecified atom stereocenters. The van der Waals surface area contributed by atoms with E-state index in [9.17, 15) is 9.90 Å². The molecule has 0 aliphatic rings. The molecule has 0 fully saturated rings. The van der Waals surface area contributed by atoms with Gasteiger partial charge in [0.25, 0.3) is 0 Å². The predicted molar refractivity (Wildman–Crippen MR) is 78.2 cm³/mol. The fourth-order valence-corrected chi connectivity index (χ4v) is 2.57. The van der Waals surface area contributed by atoms with E-state index in [0.29, 0.717) is 11.4 Å². The minimum Gasteiger partial charge on any atom is -0.481 e. The number of nitrogens with zero attached hydrogens (tertiary/aromatic N) is 2. The number of benzene rings is 1. The second-order valence-electron chi connectivity index (χ2n) is 4.98. The first-order chi connectivity index (χ1) is 9.40. The molecule has 1 heterocycles. The average Bonchev–Trinajstić information content (AvgIpc) is 2.60. The monoisotopic (exact) mass is 292 g/mol. The maximum atomic E-state index is 11.6. The topological polar surface area (TPSA) is 55.1 Å². The normalized spacial score (nSPS) is 12.4. The maximum absolute atomic E-state index is 11.6. The van der Waals surface area contributed by atoms with E-state index >= 15 is 0 Å². The van der Waals surface area contributed by atoms with Crippen molar-refractivity contribution in [1.82, 2.24) is 9.78 Å². The van der Waals surface area contributed by atoms with Crippen LogP contribution in [0.2, 0.25) is 5.02 Å². The predicted octanol–water partition coefficient (Wildman–Crippen LogP) is 3.10. The van der Waals surface area contributed by atoms with E-state index in [1.807, 2.05) is 38.1 Å². The number of hydrogen-bond acceptors (Lipinski definition) is 2. The first-order valence-corrected chi connectivity index (χ1v) is 6.75. The second kappa shape index (κ2) is 5.67. The third kappa shape index (κ3) is 2.85. The van der Waals surface area contributed by atoms with Crippen molar-refractivity contribution in [3.05, 3.63) is 51.8 Å². The molecular formula is C15H17ClN2O2. The van der Waals surface area contributed by atoms with Gasteiger partial charge in [0.15, 0.2) is 0 Å². The van der Waals surface area contributed by atoms with E-state index in [4.69, 9.17) is 11.6 Å². The van der Waals surface area contributed by atoms with Crippen LogP contribution in [0.4, 0.5) is 0 Å². The number of hydrogen-bond donors (Lipinski definition) is 1. The lowest BCUT2D eigenvalue weighted by molar-refractivity contribution is -0.138. The van der Waals surface area contributed by atoms with Crippen LogP contribution in [-0.2, 0) is 18.3 Å². The Balaban J connectivity index is 2.38. The van der Waals surface area contributed by atoms with E-state index in [0.717, 1.165) is 22.5 Å². The molecule has 0 aliphatic carbocycles. The van der Waals surface area contributed by atoms with Crippen molar-refractivity contribution in [3.63, 3.8) is 0 Å². The summed E-state index contributed by atoms with van der Waals surface area (Å²) in [6.07, 6.45) is 0.328. The summed E-state index contributed by atoms with van der Waals surface area (Å²) in [5, 5.41) is 14.3. The number of carboxylic acids is 1. The molecule has 1 aromatic heterocycles. The molecule has 20 heavy (non-hydrogen) atoms. The summed E-state index contributed by atoms with van der Waals surface area (Å²) >= 11 is 6.21. The summed E-state index contributed by atoms with van der Waals surface area (Å²) in [5.74, 6) is -1.48. The van der Waals surface area contributed by atoms with E-state index in [-0.39, 0.29) is 0 Å². The molecule has 1 atom stereocenters. The zero-order chi connectivity index (χ0) is 14.9. The maximum Gasteiger partial charge on any atom is 0.311 e. The molecule has 106 valence electrons. The molecule has 1 aromatic carbocycles. The van der Waals surface area contributed by atoms with Crippen molar-refractivity contribution in [1.29, 1.82) is 0 Å². The highest BCUT2D eigenvalue weighted by Gasteiger charge is 2.24. The smallest absolute Gasteiger partial charge is 0.311 e. The SMILES string of the molecule is Cc1cccc(C(Cc2c(Cl)c(C)nn2C)C(=O)O)c1. The first-order valence-electron chi connectivity index (χ1n) is 6.37. The number of carboxylic acid groups (broad SMARTS) is 1. The van der Waals surface area contributed by atoms with Gasteiger partial charge in [0.1, 0.15) is 0 Å². The van der Waals surface area contributed by atoms with Gasteiger partial charge in [-0.15, -0.1) is 0 Å². The molecule has 5 heteroatoms. The second-order valence-corrected chi connectivity index (χ2v) is 5.36. The molecule has 0 aliphatic heterocycles. The fraction of sp³-hybridized carbons (Fsp3) is 0.333. The van der Waals surface area contributed by atoms with Gasteiger partial charge >= 0.3 is 5.97 Å². The van der Waals surface area contributed by atoms with Crippen LogP contribution in [0.15, 0.2) is 24.3 Å². The van der Waals surface area contributed by atoms with E-state index in [2.05, 4.69) is 5.10 Å². The highest BCUT2D eigenvalue weighted by Crippen LogP contribution is 2.27.